The van der Waals surface area contributed by atoms with Gasteiger partial charge in [0.2, 0.25) is 0 Å². The van der Waals surface area contributed by atoms with Crippen LogP contribution in [0.1, 0.15) is 53.3 Å². The minimum Gasteiger partial charge on any atom is -0.872 e. The van der Waals surface area contributed by atoms with Gasteiger partial charge in [-0.05, 0) is 67.3 Å². The number of nitrogens with zero attached hydrogens (tertiary/aromatic N) is 1. The molecule has 0 saturated carbocycles. The predicted molar refractivity (Wildman–Crippen MR) is 114 cm³/mol. The highest BCUT2D eigenvalue weighted by molar-refractivity contribution is 6.02. The molecule has 0 radical (unpaired) electrons. The smallest absolute Gasteiger partial charge is 0.0724 e. The first kappa shape index (κ1) is 18.5. The maximum atomic E-state index is 13.3. The number of aliphatic imine (C=N–C) groups is 1. The lowest BCUT2D eigenvalue weighted by molar-refractivity contribution is -0.269. The van der Waals surface area contributed by atoms with Crippen molar-refractivity contribution in [2.24, 2.45) is 4.99 Å². The van der Waals surface area contributed by atoms with Crippen molar-refractivity contribution < 1.29 is 5.11 Å². The summed E-state index contributed by atoms with van der Waals surface area (Å²) in [6.45, 7) is 4.08. The van der Waals surface area contributed by atoms with Crippen LogP contribution >= 0.6 is 0 Å². The van der Waals surface area contributed by atoms with E-state index in [1.165, 1.54) is 16.7 Å². The van der Waals surface area contributed by atoms with E-state index < -0.39 is 0 Å². The van der Waals surface area contributed by atoms with Gasteiger partial charge in [-0.2, -0.15) is 0 Å². The molecule has 3 aromatic carbocycles. The molecule has 142 valence electrons. The average molecular weight is 369 g/mol. The van der Waals surface area contributed by atoms with Crippen molar-refractivity contribution in [3.8, 4) is 5.75 Å². The molecular weight excluding hydrogens is 342 g/mol. The number of rotatable bonds is 3. The van der Waals surface area contributed by atoms with E-state index in [9.17, 15) is 5.11 Å². The van der Waals surface area contributed by atoms with Gasteiger partial charge in [0.15, 0.2) is 0 Å². The van der Waals surface area contributed by atoms with E-state index in [1.807, 2.05) is 31.2 Å². The lowest BCUT2D eigenvalue weighted by Crippen LogP contribution is -2.12. The Bertz CT molecular complexity index is 987. The summed E-state index contributed by atoms with van der Waals surface area (Å²) in [6, 6.07) is 23.3. The zero-order chi connectivity index (χ0) is 19.5. The molecule has 7 rings (SSSR count). The van der Waals surface area contributed by atoms with E-state index in [-0.39, 0.29) is 11.8 Å². The second kappa shape index (κ2) is 8.02. The molecule has 0 amide bonds. The van der Waals surface area contributed by atoms with E-state index in [1.54, 1.807) is 0 Å². The van der Waals surface area contributed by atoms with Gasteiger partial charge >= 0.3 is 0 Å². The summed E-state index contributed by atoms with van der Waals surface area (Å²) in [5, 5.41) is 13.3. The fourth-order valence-corrected chi connectivity index (χ4v) is 4.06. The first-order chi connectivity index (χ1) is 13.6. The van der Waals surface area contributed by atoms with Crippen molar-refractivity contribution >= 4 is 5.71 Å². The minimum atomic E-state index is 0.0304. The number of aryl methyl sites for hydroxylation is 4. The standard InChI is InChI=1S/C26H27NO/c1-18(22-6-4-3-5-7-22)27-19(2)25-23-14-12-20-8-10-21(11-9-20)13-15-24(17-16-23)26(25)28/h3-11,16-18,28H,12-15H2,1-2H3/p-1/t18-/m1/s1. The first-order valence-electron chi connectivity index (χ1n) is 10.1. The molecule has 2 heteroatoms. The van der Waals surface area contributed by atoms with E-state index >= 15 is 0 Å². The van der Waals surface area contributed by atoms with E-state index in [0.717, 1.165) is 48.1 Å². The van der Waals surface area contributed by atoms with Gasteiger partial charge in [-0.1, -0.05) is 78.0 Å². The highest BCUT2D eigenvalue weighted by Crippen LogP contribution is 2.29. The zero-order valence-electron chi connectivity index (χ0n) is 16.6. The van der Waals surface area contributed by atoms with Crippen molar-refractivity contribution in [1.82, 2.24) is 0 Å². The molecule has 0 N–H and O–H groups in total. The third-order valence-corrected chi connectivity index (χ3v) is 5.75. The van der Waals surface area contributed by atoms with Crippen molar-refractivity contribution in [3.63, 3.8) is 0 Å². The molecule has 0 spiro atoms. The molecule has 4 bridgehead atoms. The van der Waals surface area contributed by atoms with Crippen molar-refractivity contribution in [3.05, 3.63) is 100 Å². The van der Waals surface area contributed by atoms with E-state index in [4.69, 9.17) is 4.99 Å². The van der Waals surface area contributed by atoms with Crippen LogP contribution in [0.15, 0.2) is 71.7 Å². The Morgan fingerprint density at radius 1 is 0.786 bits per heavy atom. The van der Waals surface area contributed by atoms with Crippen LogP contribution in [0.25, 0.3) is 0 Å². The van der Waals surface area contributed by atoms with E-state index in [2.05, 4.69) is 49.4 Å². The predicted octanol–water partition coefficient (Wildman–Crippen LogP) is 5.21. The van der Waals surface area contributed by atoms with Crippen molar-refractivity contribution in [1.29, 1.82) is 0 Å². The summed E-state index contributed by atoms with van der Waals surface area (Å²) in [5.74, 6) is 0.161. The lowest BCUT2D eigenvalue weighted by atomic mass is 9.90. The van der Waals surface area contributed by atoms with Gasteiger partial charge in [0.05, 0.1) is 6.04 Å². The van der Waals surface area contributed by atoms with Gasteiger partial charge in [-0.15, -0.1) is 0 Å². The molecule has 0 aliphatic heterocycles. The fourth-order valence-electron chi connectivity index (χ4n) is 4.06. The molecule has 0 unspecified atom stereocenters. The Kier molecular flexibility index (Phi) is 5.29. The van der Waals surface area contributed by atoms with Crippen LogP contribution in [-0.2, 0) is 25.7 Å². The first-order valence-corrected chi connectivity index (χ1v) is 10.1. The maximum Gasteiger partial charge on any atom is 0.0724 e. The molecule has 3 aromatic rings. The molecule has 2 nitrogen and oxygen atoms in total. The normalized spacial score (nSPS) is 15.1. The summed E-state index contributed by atoms with van der Waals surface area (Å²) < 4.78 is 0. The van der Waals surface area contributed by atoms with Crippen LogP contribution in [0, 0.1) is 0 Å². The van der Waals surface area contributed by atoms with Gasteiger partial charge in [-0.25, -0.2) is 0 Å². The third-order valence-electron chi connectivity index (χ3n) is 5.75. The molecule has 0 aromatic heterocycles. The van der Waals surface area contributed by atoms with Crippen LogP contribution in [0.4, 0.5) is 0 Å². The van der Waals surface area contributed by atoms with Crippen molar-refractivity contribution in [2.45, 2.75) is 45.6 Å². The summed E-state index contributed by atoms with van der Waals surface area (Å²) in [5.41, 5.74) is 7.45. The number of hydrogen-bond donors (Lipinski definition) is 0. The fraction of sp³-hybridized carbons (Fsp3) is 0.269. The van der Waals surface area contributed by atoms with Crippen LogP contribution in [0.5, 0.6) is 5.75 Å². The largest absolute Gasteiger partial charge is 0.872 e. The molecule has 4 aliphatic carbocycles. The average Bonchev–Trinajstić information content (AvgIpc) is 2.71. The van der Waals surface area contributed by atoms with Crippen LogP contribution in [0.3, 0.4) is 0 Å². The third kappa shape index (κ3) is 3.87. The van der Waals surface area contributed by atoms with Gasteiger partial charge < -0.3 is 5.11 Å². The molecule has 0 saturated heterocycles. The Hall–Kier alpha value is -2.87. The SMILES string of the molecule is CC(=N[C@H](C)c1ccccc1)c1c2ccc(c1[O-])CCc1ccc(cc1)CC2. The molecule has 1 atom stereocenters. The molecule has 4 aliphatic rings. The van der Waals surface area contributed by atoms with Gasteiger partial charge in [-0.3, -0.25) is 4.99 Å². The van der Waals surface area contributed by atoms with E-state index in [0.29, 0.717) is 0 Å². The Morgan fingerprint density at radius 2 is 1.36 bits per heavy atom. The summed E-state index contributed by atoms with van der Waals surface area (Å²) in [6.07, 6.45) is 3.46. The highest BCUT2D eigenvalue weighted by atomic mass is 16.3. The van der Waals surface area contributed by atoms with Gasteiger partial charge in [0.25, 0.3) is 0 Å². The second-order valence-electron chi connectivity index (χ2n) is 7.71. The van der Waals surface area contributed by atoms with Crippen LogP contribution < -0.4 is 5.11 Å². The second-order valence-corrected chi connectivity index (χ2v) is 7.71. The van der Waals surface area contributed by atoms with Crippen LogP contribution in [-0.4, -0.2) is 5.71 Å². The summed E-state index contributed by atoms with van der Waals surface area (Å²) >= 11 is 0. The molecule has 0 heterocycles. The Morgan fingerprint density at radius 3 is 2.00 bits per heavy atom. The topological polar surface area (TPSA) is 35.4 Å². The quantitative estimate of drug-likeness (QED) is 0.584. The summed E-state index contributed by atoms with van der Waals surface area (Å²) in [7, 11) is 0. The number of benzene rings is 3. The van der Waals surface area contributed by atoms with Gasteiger partial charge in [0.1, 0.15) is 0 Å². The maximum absolute atomic E-state index is 13.3. The molecule has 0 fully saturated rings. The number of hydrogen-bond acceptors (Lipinski definition) is 2. The summed E-state index contributed by atoms with van der Waals surface area (Å²) in [4.78, 5) is 4.91. The van der Waals surface area contributed by atoms with Crippen LogP contribution in [0.2, 0.25) is 0 Å². The van der Waals surface area contributed by atoms with Gasteiger partial charge in [0, 0.05) is 5.71 Å². The minimum absolute atomic E-state index is 0.0304. The Balaban J connectivity index is 1.73. The highest BCUT2D eigenvalue weighted by Gasteiger charge is 2.13. The molecule has 28 heavy (non-hydrogen) atoms. The van der Waals surface area contributed by atoms with Crippen molar-refractivity contribution in [2.75, 3.05) is 0 Å². The monoisotopic (exact) mass is 368 g/mol. The molecular formula is C26H26NO-. The Labute approximate surface area is 167 Å². The lowest BCUT2D eigenvalue weighted by Gasteiger charge is -2.24. The zero-order valence-corrected chi connectivity index (χ0v) is 16.6.